The summed E-state index contributed by atoms with van der Waals surface area (Å²) in [4.78, 5) is 24.1. The molecular weight excluding hydrogens is 382 g/mol. The molecule has 1 N–H and O–H groups in total. The van der Waals surface area contributed by atoms with Gasteiger partial charge in [0.2, 0.25) is 0 Å². The van der Waals surface area contributed by atoms with Gasteiger partial charge in [0.25, 0.3) is 5.91 Å². The lowest BCUT2D eigenvalue weighted by atomic mass is 10.2. The van der Waals surface area contributed by atoms with Crippen LogP contribution in [0, 0.1) is 0 Å². The number of carbonyl (C=O) groups excluding carboxylic acids is 2. The van der Waals surface area contributed by atoms with E-state index < -0.39 is 11.9 Å². The van der Waals surface area contributed by atoms with Crippen LogP contribution in [0.3, 0.4) is 0 Å². The van der Waals surface area contributed by atoms with Gasteiger partial charge in [0, 0.05) is 11.6 Å². The first-order valence-electron chi connectivity index (χ1n) is 9.03. The third-order valence-electron chi connectivity index (χ3n) is 3.92. The van der Waals surface area contributed by atoms with Crippen molar-refractivity contribution in [3.63, 3.8) is 0 Å². The molecule has 0 heterocycles. The molecule has 0 unspecified atom stereocenters. The summed E-state index contributed by atoms with van der Waals surface area (Å²) in [5.74, 6) is -0.0373. The molecule has 0 saturated carbocycles. The topological polar surface area (TPSA) is 73.9 Å². The second-order valence-electron chi connectivity index (χ2n) is 6.01. The van der Waals surface area contributed by atoms with Gasteiger partial charge in [-0.1, -0.05) is 43.1 Å². The van der Waals surface area contributed by atoms with E-state index in [1.807, 2.05) is 18.2 Å². The molecule has 2 aromatic rings. The van der Waals surface area contributed by atoms with E-state index in [0.717, 1.165) is 18.4 Å². The van der Waals surface area contributed by atoms with E-state index in [1.54, 1.807) is 18.2 Å². The molecule has 0 aliphatic rings. The Kier molecular flexibility index (Phi) is 8.62. The molecule has 0 fully saturated rings. The first-order chi connectivity index (χ1) is 13.5. The zero-order valence-corrected chi connectivity index (χ0v) is 16.8. The van der Waals surface area contributed by atoms with Crippen LogP contribution in [0.15, 0.2) is 42.5 Å². The molecule has 0 bridgehead atoms. The predicted octanol–water partition coefficient (Wildman–Crippen LogP) is 4.00. The largest absolute Gasteiger partial charge is 0.493 e. The molecule has 0 radical (unpaired) electrons. The maximum absolute atomic E-state index is 12.2. The highest BCUT2D eigenvalue weighted by Crippen LogP contribution is 2.28. The van der Waals surface area contributed by atoms with Gasteiger partial charge < -0.3 is 19.5 Å². The van der Waals surface area contributed by atoms with Crippen molar-refractivity contribution in [2.45, 2.75) is 26.3 Å². The van der Waals surface area contributed by atoms with Gasteiger partial charge in [-0.15, -0.1) is 0 Å². The number of hydrogen-bond donors (Lipinski definition) is 1. The van der Waals surface area contributed by atoms with Gasteiger partial charge >= 0.3 is 5.97 Å². The lowest BCUT2D eigenvalue weighted by Gasteiger charge is -2.12. The standard InChI is InChI=1S/C21H24ClNO5/c1-3-4-11-27-18-10-9-15(12-19(18)26-2)21(25)28-14-20(24)23-13-16-7-5-6-8-17(16)22/h5-10,12H,3-4,11,13-14H2,1-2H3,(H,23,24). The maximum Gasteiger partial charge on any atom is 0.338 e. The van der Waals surface area contributed by atoms with Crippen molar-refractivity contribution in [1.82, 2.24) is 5.32 Å². The summed E-state index contributed by atoms with van der Waals surface area (Å²) in [7, 11) is 1.50. The van der Waals surface area contributed by atoms with E-state index in [1.165, 1.54) is 13.2 Å². The number of nitrogens with one attached hydrogen (secondary N) is 1. The number of esters is 1. The normalized spacial score (nSPS) is 10.2. The van der Waals surface area contributed by atoms with Gasteiger partial charge in [-0.05, 0) is 36.2 Å². The van der Waals surface area contributed by atoms with Crippen molar-refractivity contribution >= 4 is 23.5 Å². The zero-order valence-electron chi connectivity index (χ0n) is 16.0. The van der Waals surface area contributed by atoms with E-state index in [2.05, 4.69) is 12.2 Å². The quantitative estimate of drug-likeness (QED) is 0.477. The van der Waals surface area contributed by atoms with E-state index in [9.17, 15) is 9.59 Å². The smallest absolute Gasteiger partial charge is 0.338 e. The Morgan fingerprint density at radius 1 is 1.11 bits per heavy atom. The zero-order chi connectivity index (χ0) is 20.4. The van der Waals surface area contributed by atoms with Gasteiger partial charge in [-0.2, -0.15) is 0 Å². The van der Waals surface area contributed by atoms with Crippen LogP contribution in [0.5, 0.6) is 11.5 Å². The molecule has 2 aromatic carbocycles. The molecule has 0 spiro atoms. The maximum atomic E-state index is 12.2. The fourth-order valence-corrected chi connectivity index (χ4v) is 2.54. The molecule has 2 rings (SSSR count). The van der Waals surface area contributed by atoms with Gasteiger partial charge in [0.15, 0.2) is 18.1 Å². The second kappa shape index (κ2) is 11.2. The summed E-state index contributed by atoms with van der Waals surface area (Å²) >= 11 is 6.04. The van der Waals surface area contributed by atoms with Crippen molar-refractivity contribution in [1.29, 1.82) is 0 Å². The number of unbranched alkanes of at least 4 members (excludes halogenated alkanes) is 1. The van der Waals surface area contributed by atoms with Crippen LogP contribution in [0.1, 0.15) is 35.7 Å². The highest BCUT2D eigenvalue weighted by molar-refractivity contribution is 6.31. The third-order valence-corrected chi connectivity index (χ3v) is 4.29. The Balaban J connectivity index is 1.86. The molecule has 0 atom stereocenters. The summed E-state index contributed by atoms with van der Waals surface area (Å²) < 4.78 is 16.0. The predicted molar refractivity (Wildman–Crippen MR) is 107 cm³/mol. The molecule has 0 aliphatic carbocycles. The fourth-order valence-electron chi connectivity index (χ4n) is 2.34. The molecule has 0 saturated heterocycles. The van der Waals surface area contributed by atoms with Crippen LogP contribution in [0.2, 0.25) is 5.02 Å². The SMILES string of the molecule is CCCCOc1ccc(C(=O)OCC(=O)NCc2ccccc2Cl)cc1OC. The fraction of sp³-hybridized carbons (Fsp3) is 0.333. The summed E-state index contributed by atoms with van der Waals surface area (Å²) in [5, 5.41) is 3.22. The minimum Gasteiger partial charge on any atom is -0.493 e. The van der Waals surface area contributed by atoms with Gasteiger partial charge in [-0.3, -0.25) is 4.79 Å². The van der Waals surface area contributed by atoms with Crippen molar-refractivity contribution in [2.75, 3.05) is 20.3 Å². The summed E-state index contributed by atoms with van der Waals surface area (Å²) in [6, 6.07) is 12.0. The number of benzene rings is 2. The molecular formula is C21H24ClNO5. The highest BCUT2D eigenvalue weighted by atomic mass is 35.5. The van der Waals surface area contributed by atoms with Gasteiger partial charge in [0.05, 0.1) is 19.3 Å². The molecule has 0 aliphatic heterocycles. The lowest BCUT2D eigenvalue weighted by molar-refractivity contribution is -0.124. The Morgan fingerprint density at radius 3 is 2.61 bits per heavy atom. The first kappa shape index (κ1) is 21.6. The number of methoxy groups -OCH3 is 1. The van der Waals surface area contributed by atoms with Crippen molar-refractivity contribution in [3.05, 3.63) is 58.6 Å². The number of ether oxygens (including phenoxy) is 3. The van der Waals surface area contributed by atoms with E-state index >= 15 is 0 Å². The molecule has 7 heteroatoms. The van der Waals surface area contributed by atoms with Crippen molar-refractivity contribution < 1.29 is 23.8 Å². The van der Waals surface area contributed by atoms with E-state index in [4.69, 9.17) is 25.8 Å². The van der Waals surface area contributed by atoms with Gasteiger partial charge in [-0.25, -0.2) is 4.79 Å². The minimum absolute atomic E-state index is 0.258. The van der Waals surface area contributed by atoms with Crippen LogP contribution in [-0.4, -0.2) is 32.2 Å². The highest BCUT2D eigenvalue weighted by Gasteiger charge is 2.14. The Morgan fingerprint density at radius 2 is 1.89 bits per heavy atom. The average molecular weight is 406 g/mol. The van der Waals surface area contributed by atoms with Crippen molar-refractivity contribution in [3.8, 4) is 11.5 Å². The van der Waals surface area contributed by atoms with Crippen LogP contribution in [-0.2, 0) is 16.1 Å². The van der Waals surface area contributed by atoms with Crippen LogP contribution in [0.25, 0.3) is 0 Å². The summed E-state index contributed by atoms with van der Waals surface area (Å²) in [6.07, 6.45) is 1.95. The first-order valence-corrected chi connectivity index (χ1v) is 9.41. The average Bonchev–Trinajstić information content (AvgIpc) is 2.71. The number of rotatable bonds is 10. The van der Waals surface area contributed by atoms with Crippen LogP contribution in [0.4, 0.5) is 0 Å². The van der Waals surface area contributed by atoms with Gasteiger partial charge in [0.1, 0.15) is 0 Å². The number of amides is 1. The van der Waals surface area contributed by atoms with Crippen molar-refractivity contribution in [2.24, 2.45) is 0 Å². The summed E-state index contributed by atoms with van der Waals surface area (Å²) in [5.41, 5.74) is 1.06. The molecule has 6 nitrogen and oxygen atoms in total. The van der Waals surface area contributed by atoms with E-state index in [0.29, 0.717) is 23.1 Å². The second-order valence-corrected chi connectivity index (χ2v) is 6.42. The lowest BCUT2D eigenvalue weighted by Crippen LogP contribution is -2.28. The summed E-state index contributed by atoms with van der Waals surface area (Å²) in [6.45, 7) is 2.51. The number of hydrogen-bond acceptors (Lipinski definition) is 5. The number of halogens is 1. The molecule has 1 amide bonds. The third kappa shape index (κ3) is 6.46. The monoisotopic (exact) mass is 405 g/mol. The minimum atomic E-state index is -0.619. The van der Waals surface area contributed by atoms with Crippen LogP contribution >= 0.6 is 11.6 Å². The molecule has 28 heavy (non-hydrogen) atoms. The molecule has 150 valence electrons. The Hall–Kier alpha value is -2.73. The Bertz CT molecular complexity index is 809. The van der Waals surface area contributed by atoms with E-state index in [-0.39, 0.29) is 18.7 Å². The number of carbonyl (C=O) groups is 2. The van der Waals surface area contributed by atoms with Crippen LogP contribution < -0.4 is 14.8 Å². The Labute approximate surface area is 169 Å². The molecule has 0 aromatic heterocycles.